The molecular weight excluding hydrogens is 310 g/mol. The number of nitrogens with one attached hydrogen (secondary N) is 1. The zero-order valence-corrected chi connectivity index (χ0v) is 11.7. The van der Waals surface area contributed by atoms with Gasteiger partial charge >= 0.3 is 17.6 Å². The van der Waals surface area contributed by atoms with E-state index >= 15 is 0 Å². The van der Waals surface area contributed by atoms with Crippen LogP contribution in [0.2, 0.25) is 0 Å². The van der Waals surface area contributed by atoms with E-state index in [0.29, 0.717) is 11.1 Å². The molecule has 0 saturated heterocycles. The molecule has 0 aliphatic carbocycles. The highest BCUT2D eigenvalue weighted by atomic mass is 16.5. The summed E-state index contributed by atoms with van der Waals surface area (Å²) in [5.41, 5.74) is -1.37. The molecule has 0 unspecified atom stereocenters. The fourth-order valence-corrected chi connectivity index (χ4v) is 1.81. The average molecular weight is 321 g/mol. The smallest absolute Gasteiger partial charge is 0.349 e. The van der Waals surface area contributed by atoms with Crippen LogP contribution in [-0.4, -0.2) is 41.2 Å². The molecule has 2 rings (SSSR count). The van der Waals surface area contributed by atoms with E-state index in [1.54, 1.807) is 11.4 Å². The van der Waals surface area contributed by atoms with Gasteiger partial charge in [-0.2, -0.15) is 0 Å². The van der Waals surface area contributed by atoms with Gasteiger partial charge in [0.15, 0.2) is 0 Å². The molecule has 0 fully saturated rings. The number of benzene rings is 1. The molecule has 0 bridgehead atoms. The summed E-state index contributed by atoms with van der Waals surface area (Å²) in [7, 11) is 1.43. The van der Waals surface area contributed by atoms with Gasteiger partial charge in [-0.15, -0.1) is 0 Å². The Kier molecular flexibility index (Phi) is 4.30. The number of carboxylic acid groups (broad SMARTS) is 2. The highest BCUT2D eigenvalue weighted by Crippen LogP contribution is 2.20. The number of carbonyl (C=O) groups is 3. The van der Waals surface area contributed by atoms with Crippen molar-refractivity contribution < 1.29 is 33.8 Å². The van der Waals surface area contributed by atoms with Gasteiger partial charge in [0, 0.05) is 11.5 Å². The van der Waals surface area contributed by atoms with Crippen molar-refractivity contribution >= 4 is 28.8 Å². The molecular formula is C14H11NO8. The lowest BCUT2D eigenvalue weighted by molar-refractivity contribution is -0.150. The zero-order valence-electron chi connectivity index (χ0n) is 11.7. The summed E-state index contributed by atoms with van der Waals surface area (Å²) < 4.78 is 9.94. The maximum absolute atomic E-state index is 11.9. The predicted molar refractivity (Wildman–Crippen MR) is 75.6 cm³/mol. The van der Waals surface area contributed by atoms with Crippen molar-refractivity contribution in [1.29, 1.82) is 0 Å². The van der Waals surface area contributed by atoms with Gasteiger partial charge in [0.2, 0.25) is 6.04 Å². The summed E-state index contributed by atoms with van der Waals surface area (Å²) in [5, 5.41) is 19.6. The number of rotatable bonds is 5. The second-order valence-electron chi connectivity index (χ2n) is 4.43. The van der Waals surface area contributed by atoms with Crippen LogP contribution in [0, 0.1) is 0 Å². The molecule has 1 aromatic carbocycles. The Balaban J connectivity index is 2.41. The third-order valence-corrected chi connectivity index (χ3v) is 2.96. The predicted octanol–water partition coefficient (Wildman–Crippen LogP) is 0.0692. The summed E-state index contributed by atoms with van der Waals surface area (Å²) in [6.07, 6.45) is 0. The van der Waals surface area contributed by atoms with E-state index in [1.165, 1.54) is 25.3 Å². The third kappa shape index (κ3) is 3.28. The Bertz CT molecular complexity index is 839. The van der Waals surface area contributed by atoms with Crippen LogP contribution < -0.4 is 15.7 Å². The van der Waals surface area contributed by atoms with Crippen molar-refractivity contribution in [2.24, 2.45) is 0 Å². The number of ether oxygens (including phenoxy) is 1. The van der Waals surface area contributed by atoms with Crippen molar-refractivity contribution in [3.63, 3.8) is 0 Å². The average Bonchev–Trinajstić information content (AvgIpc) is 2.50. The Morgan fingerprint density at radius 1 is 1.17 bits per heavy atom. The second kappa shape index (κ2) is 6.18. The molecule has 0 spiro atoms. The Morgan fingerprint density at radius 3 is 2.39 bits per heavy atom. The monoisotopic (exact) mass is 321 g/mol. The maximum Gasteiger partial charge on any atom is 0.349 e. The van der Waals surface area contributed by atoms with Crippen molar-refractivity contribution in [3.05, 3.63) is 40.2 Å². The number of methoxy groups -OCH3 is 1. The fraction of sp³-hybridized carbons (Fsp3) is 0.143. The summed E-state index contributed by atoms with van der Waals surface area (Å²) in [6, 6.07) is 3.54. The summed E-state index contributed by atoms with van der Waals surface area (Å²) in [6.45, 7) is 0. The molecule has 1 aromatic heterocycles. The van der Waals surface area contributed by atoms with Gasteiger partial charge in [-0.1, -0.05) is 0 Å². The number of carbonyl (C=O) groups excluding carboxylic acids is 1. The highest BCUT2D eigenvalue weighted by molar-refractivity contribution is 6.05. The Labute approximate surface area is 128 Å². The number of carboxylic acids is 2. The molecule has 23 heavy (non-hydrogen) atoms. The molecule has 0 aliphatic heterocycles. The van der Waals surface area contributed by atoms with Gasteiger partial charge in [0.25, 0.3) is 5.91 Å². The minimum absolute atomic E-state index is 0.166. The van der Waals surface area contributed by atoms with Gasteiger partial charge in [-0.25, -0.2) is 14.4 Å². The quantitative estimate of drug-likeness (QED) is 0.518. The lowest BCUT2D eigenvalue weighted by atomic mass is 10.1. The zero-order chi connectivity index (χ0) is 17.1. The molecule has 9 nitrogen and oxygen atoms in total. The first-order valence-electron chi connectivity index (χ1n) is 6.22. The van der Waals surface area contributed by atoms with E-state index in [2.05, 4.69) is 0 Å². The molecule has 0 atom stereocenters. The number of hydrogen-bond acceptors (Lipinski definition) is 6. The van der Waals surface area contributed by atoms with E-state index in [0.717, 1.165) is 0 Å². The van der Waals surface area contributed by atoms with Crippen LogP contribution in [0.5, 0.6) is 5.75 Å². The largest absolute Gasteiger partial charge is 0.497 e. The van der Waals surface area contributed by atoms with Crippen molar-refractivity contribution in [2.45, 2.75) is 6.04 Å². The highest BCUT2D eigenvalue weighted by Gasteiger charge is 2.29. The summed E-state index contributed by atoms with van der Waals surface area (Å²) in [4.78, 5) is 45.3. The molecule has 3 N–H and O–H groups in total. The molecule has 1 heterocycles. The Hall–Kier alpha value is -3.36. The van der Waals surface area contributed by atoms with Crippen LogP contribution in [0.25, 0.3) is 11.0 Å². The van der Waals surface area contributed by atoms with Crippen molar-refractivity contribution in [3.8, 4) is 5.75 Å². The first-order valence-corrected chi connectivity index (χ1v) is 6.22. The number of amides is 1. The van der Waals surface area contributed by atoms with Gasteiger partial charge in [0.05, 0.1) is 7.11 Å². The molecule has 120 valence electrons. The van der Waals surface area contributed by atoms with E-state index < -0.39 is 35.1 Å². The molecule has 0 radical (unpaired) electrons. The number of aliphatic carboxylic acids is 2. The SMILES string of the molecule is COc1ccc2cc(C(=O)NC(C(=O)O)C(=O)O)c(=O)oc2c1. The first kappa shape index (κ1) is 16.0. The molecule has 1 amide bonds. The molecule has 2 aromatic rings. The molecule has 0 saturated carbocycles. The van der Waals surface area contributed by atoms with Gasteiger partial charge in [-0.05, 0) is 18.2 Å². The lowest BCUT2D eigenvalue weighted by Gasteiger charge is -2.09. The number of hydrogen-bond donors (Lipinski definition) is 3. The third-order valence-electron chi connectivity index (χ3n) is 2.96. The molecule has 9 heteroatoms. The van der Waals surface area contributed by atoms with Crippen LogP contribution in [0.3, 0.4) is 0 Å². The van der Waals surface area contributed by atoms with Crippen LogP contribution >= 0.6 is 0 Å². The van der Waals surface area contributed by atoms with Crippen molar-refractivity contribution in [2.75, 3.05) is 7.11 Å². The van der Waals surface area contributed by atoms with E-state index in [1.807, 2.05) is 0 Å². The standard InChI is InChI=1S/C14H11NO8/c1-22-7-3-2-6-4-8(14(21)23-9(6)5-7)11(16)15-10(12(17)18)13(19)20/h2-5,10H,1H3,(H,15,16)(H,17,18)(H,19,20). The van der Waals surface area contributed by atoms with Crippen molar-refractivity contribution in [1.82, 2.24) is 5.32 Å². The van der Waals surface area contributed by atoms with E-state index in [9.17, 15) is 19.2 Å². The topological polar surface area (TPSA) is 143 Å². The van der Waals surface area contributed by atoms with Crippen LogP contribution in [-0.2, 0) is 9.59 Å². The van der Waals surface area contributed by atoms with Crippen LogP contribution in [0.15, 0.2) is 33.5 Å². The van der Waals surface area contributed by atoms with E-state index in [4.69, 9.17) is 19.4 Å². The summed E-state index contributed by atoms with van der Waals surface area (Å²) >= 11 is 0. The summed E-state index contributed by atoms with van der Waals surface area (Å²) in [5.74, 6) is -4.25. The molecule has 0 aliphatic rings. The van der Waals surface area contributed by atoms with Crippen LogP contribution in [0.4, 0.5) is 0 Å². The minimum atomic E-state index is -2.17. The van der Waals surface area contributed by atoms with Gasteiger partial charge in [-0.3, -0.25) is 4.79 Å². The second-order valence-corrected chi connectivity index (χ2v) is 4.43. The van der Waals surface area contributed by atoms with E-state index in [-0.39, 0.29) is 5.58 Å². The normalized spacial score (nSPS) is 10.5. The minimum Gasteiger partial charge on any atom is -0.497 e. The van der Waals surface area contributed by atoms with Gasteiger partial charge in [0.1, 0.15) is 16.9 Å². The lowest BCUT2D eigenvalue weighted by Crippen LogP contribution is -2.47. The number of fused-ring (bicyclic) bond motifs is 1. The maximum atomic E-state index is 11.9. The Morgan fingerprint density at radius 2 is 1.83 bits per heavy atom. The fourth-order valence-electron chi connectivity index (χ4n) is 1.81. The van der Waals surface area contributed by atoms with Gasteiger partial charge < -0.3 is 24.7 Å². The first-order chi connectivity index (χ1) is 10.8. The van der Waals surface area contributed by atoms with Crippen LogP contribution in [0.1, 0.15) is 10.4 Å².